The predicted octanol–water partition coefficient (Wildman–Crippen LogP) is 1.38. The van der Waals surface area contributed by atoms with Gasteiger partial charge in [-0.15, -0.1) is 0 Å². The Labute approximate surface area is 104 Å². The number of benzene rings is 1. The van der Waals surface area contributed by atoms with Crippen LogP contribution in [0.5, 0.6) is 0 Å². The lowest BCUT2D eigenvalue weighted by molar-refractivity contribution is -0.142. The number of nitriles is 1. The highest BCUT2D eigenvalue weighted by molar-refractivity contribution is 6.00. The van der Waals surface area contributed by atoms with Gasteiger partial charge in [0.2, 0.25) is 5.91 Å². The number of carboxylic acid groups (broad SMARTS) is 1. The lowest BCUT2D eigenvalue weighted by atomic mass is 10.0. The number of rotatable bonds is 2. The Hall–Kier alpha value is -2.35. The van der Waals surface area contributed by atoms with Gasteiger partial charge in [0.05, 0.1) is 17.6 Å². The van der Waals surface area contributed by atoms with Crippen molar-refractivity contribution >= 4 is 17.6 Å². The van der Waals surface area contributed by atoms with E-state index in [0.717, 1.165) is 0 Å². The van der Waals surface area contributed by atoms with Gasteiger partial charge in [0, 0.05) is 18.2 Å². The molecule has 5 nitrogen and oxygen atoms in total. The standard InChI is InChI=1S/C13H12N2O3/c1-8-11(13(17)18)6-12(16)15(8)10-4-2-9(7-14)3-5-10/h2-5,8,11H,6H2,1H3,(H,17,18). The van der Waals surface area contributed by atoms with Crippen molar-refractivity contribution in [3.8, 4) is 6.07 Å². The second kappa shape index (κ2) is 4.49. The Bertz CT molecular complexity index is 530. The van der Waals surface area contributed by atoms with Crippen LogP contribution in [0.25, 0.3) is 0 Å². The van der Waals surface area contributed by atoms with Crippen molar-refractivity contribution in [2.24, 2.45) is 5.92 Å². The number of amides is 1. The van der Waals surface area contributed by atoms with E-state index < -0.39 is 11.9 Å². The maximum Gasteiger partial charge on any atom is 0.309 e. The normalized spacial score (nSPS) is 22.9. The van der Waals surface area contributed by atoms with Gasteiger partial charge in [-0.25, -0.2) is 0 Å². The largest absolute Gasteiger partial charge is 0.481 e. The molecule has 1 aromatic rings. The molecule has 0 bridgehead atoms. The van der Waals surface area contributed by atoms with Gasteiger partial charge < -0.3 is 10.0 Å². The van der Waals surface area contributed by atoms with E-state index in [0.29, 0.717) is 11.3 Å². The summed E-state index contributed by atoms with van der Waals surface area (Å²) in [5.41, 5.74) is 1.14. The summed E-state index contributed by atoms with van der Waals surface area (Å²) >= 11 is 0. The lowest BCUT2D eigenvalue weighted by Crippen LogP contribution is -2.34. The van der Waals surface area contributed by atoms with Crippen molar-refractivity contribution in [1.82, 2.24) is 0 Å². The first-order valence-electron chi connectivity index (χ1n) is 5.59. The van der Waals surface area contributed by atoms with Crippen LogP contribution in [0.2, 0.25) is 0 Å². The topological polar surface area (TPSA) is 81.4 Å². The molecule has 92 valence electrons. The first-order valence-corrected chi connectivity index (χ1v) is 5.59. The molecular weight excluding hydrogens is 232 g/mol. The van der Waals surface area contributed by atoms with Crippen LogP contribution in [0.4, 0.5) is 5.69 Å². The molecule has 0 aliphatic carbocycles. The summed E-state index contributed by atoms with van der Waals surface area (Å²) in [4.78, 5) is 24.4. The molecule has 2 unspecified atom stereocenters. The average Bonchev–Trinajstić information content (AvgIpc) is 2.65. The zero-order chi connectivity index (χ0) is 13.3. The SMILES string of the molecule is CC1C(C(=O)O)CC(=O)N1c1ccc(C#N)cc1. The molecule has 1 saturated heterocycles. The van der Waals surface area contributed by atoms with Crippen LogP contribution in [-0.2, 0) is 9.59 Å². The Morgan fingerprint density at radius 2 is 2.06 bits per heavy atom. The minimum absolute atomic E-state index is 0.0243. The molecule has 5 heteroatoms. The zero-order valence-corrected chi connectivity index (χ0v) is 9.83. The van der Waals surface area contributed by atoms with Crippen LogP contribution in [0, 0.1) is 17.2 Å². The molecule has 0 aromatic heterocycles. The molecule has 2 atom stereocenters. The molecule has 1 fully saturated rings. The first kappa shape index (κ1) is 12.1. The monoisotopic (exact) mass is 244 g/mol. The molecule has 1 aliphatic rings. The smallest absolute Gasteiger partial charge is 0.309 e. The van der Waals surface area contributed by atoms with Crippen molar-refractivity contribution in [2.45, 2.75) is 19.4 Å². The summed E-state index contributed by atoms with van der Waals surface area (Å²) in [6.07, 6.45) is 0.0243. The van der Waals surface area contributed by atoms with Crippen LogP contribution < -0.4 is 4.90 Å². The van der Waals surface area contributed by atoms with Crippen molar-refractivity contribution in [3.05, 3.63) is 29.8 Å². The summed E-state index contributed by atoms with van der Waals surface area (Å²) < 4.78 is 0. The second-order valence-corrected chi connectivity index (χ2v) is 4.31. The third-order valence-electron chi connectivity index (χ3n) is 3.24. The van der Waals surface area contributed by atoms with E-state index in [4.69, 9.17) is 10.4 Å². The number of carbonyl (C=O) groups excluding carboxylic acids is 1. The first-order chi connectivity index (χ1) is 8.54. The van der Waals surface area contributed by atoms with Gasteiger partial charge in [0.25, 0.3) is 0 Å². The second-order valence-electron chi connectivity index (χ2n) is 4.31. The summed E-state index contributed by atoms with van der Waals surface area (Å²) in [6, 6.07) is 8.18. The molecular formula is C13H12N2O3. The quantitative estimate of drug-likeness (QED) is 0.852. The number of carbonyl (C=O) groups is 2. The number of nitrogens with zero attached hydrogens (tertiary/aromatic N) is 2. The Morgan fingerprint density at radius 1 is 1.44 bits per heavy atom. The van der Waals surface area contributed by atoms with Gasteiger partial charge in [0.15, 0.2) is 0 Å². The van der Waals surface area contributed by atoms with Gasteiger partial charge in [-0.3, -0.25) is 9.59 Å². The highest BCUT2D eigenvalue weighted by atomic mass is 16.4. The summed E-state index contributed by atoms with van der Waals surface area (Å²) in [5.74, 6) is -1.82. The Morgan fingerprint density at radius 3 is 2.50 bits per heavy atom. The number of hydrogen-bond donors (Lipinski definition) is 1. The van der Waals surface area contributed by atoms with Crippen molar-refractivity contribution in [3.63, 3.8) is 0 Å². The van der Waals surface area contributed by atoms with Crippen molar-refractivity contribution < 1.29 is 14.7 Å². The van der Waals surface area contributed by atoms with Gasteiger partial charge >= 0.3 is 5.97 Å². The van der Waals surface area contributed by atoms with Crippen LogP contribution in [-0.4, -0.2) is 23.0 Å². The molecule has 0 radical (unpaired) electrons. The van der Waals surface area contributed by atoms with E-state index in [2.05, 4.69) is 0 Å². The predicted molar refractivity (Wildman–Crippen MR) is 63.8 cm³/mol. The van der Waals surface area contributed by atoms with Gasteiger partial charge in [-0.2, -0.15) is 5.26 Å². The average molecular weight is 244 g/mol. The van der Waals surface area contributed by atoms with Gasteiger partial charge in [-0.05, 0) is 31.2 Å². The fraction of sp³-hybridized carbons (Fsp3) is 0.308. The van der Waals surface area contributed by atoms with Crippen molar-refractivity contribution in [1.29, 1.82) is 5.26 Å². The molecule has 18 heavy (non-hydrogen) atoms. The van der Waals surface area contributed by atoms with E-state index in [1.54, 1.807) is 31.2 Å². The van der Waals surface area contributed by atoms with Crippen LogP contribution in [0.1, 0.15) is 18.9 Å². The van der Waals surface area contributed by atoms with Gasteiger partial charge in [-0.1, -0.05) is 0 Å². The van der Waals surface area contributed by atoms with E-state index in [1.807, 2.05) is 6.07 Å². The summed E-state index contributed by atoms with van der Waals surface area (Å²) in [5, 5.41) is 17.7. The van der Waals surface area contributed by atoms with E-state index in [9.17, 15) is 9.59 Å². The van der Waals surface area contributed by atoms with E-state index >= 15 is 0 Å². The summed E-state index contributed by atoms with van der Waals surface area (Å²) in [7, 11) is 0. The van der Waals surface area contributed by atoms with E-state index in [1.165, 1.54) is 4.90 Å². The fourth-order valence-corrected chi connectivity index (χ4v) is 2.23. The molecule has 0 spiro atoms. The molecule has 2 rings (SSSR count). The minimum atomic E-state index is -0.952. The lowest BCUT2D eigenvalue weighted by Gasteiger charge is -2.23. The molecule has 1 amide bonds. The number of carboxylic acids is 1. The third-order valence-corrected chi connectivity index (χ3v) is 3.24. The highest BCUT2D eigenvalue weighted by Gasteiger charge is 2.41. The van der Waals surface area contributed by atoms with Gasteiger partial charge in [0.1, 0.15) is 0 Å². The summed E-state index contributed by atoms with van der Waals surface area (Å²) in [6.45, 7) is 1.72. The number of anilines is 1. The number of hydrogen-bond acceptors (Lipinski definition) is 3. The van der Waals surface area contributed by atoms with Crippen LogP contribution >= 0.6 is 0 Å². The Kier molecular flexibility index (Phi) is 3.02. The molecule has 1 aliphatic heterocycles. The molecule has 1 heterocycles. The van der Waals surface area contributed by atoms with Crippen LogP contribution in [0.3, 0.4) is 0 Å². The number of aliphatic carboxylic acids is 1. The molecule has 0 saturated carbocycles. The third kappa shape index (κ3) is 1.93. The maximum atomic E-state index is 11.9. The molecule has 1 N–H and O–H groups in total. The highest BCUT2D eigenvalue weighted by Crippen LogP contribution is 2.31. The fourth-order valence-electron chi connectivity index (χ4n) is 2.23. The minimum Gasteiger partial charge on any atom is -0.481 e. The zero-order valence-electron chi connectivity index (χ0n) is 9.83. The van der Waals surface area contributed by atoms with Crippen LogP contribution in [0.15, 0.2) is 24.3 Å². The Balaban J connectivity index is 2.30. The van der Waals surface area contributed by atoms with Crippen molar-refractivity contribution in [2.75, 3.05) is 4.90 Å². The van der Waals surface area contributed by atoms with E-state index in [-0.39, 0.29) is 18.4 Å². The maximum absolute atomic E-state index is 11.9. The molecule has 1 aromatic carbocycles.